The Balaban J connectivity index is 0.000000284. The van der Waals surface area contributed by atoms with E-state index in [0.29, 0.717) is 15.9 Å². The first-order valence-electron chi connectivity index (χ1n) is 13.3. The lowest BCUT2D eigenvalue weighted by Gasteiger charge is -2.06. The molecule has 0 aliphatic rings. The van der Waals surface area contributed by atoms with Gasteiger partial charge in [0.1, 0.15) is 15.5 Å². The number of fused-ring (bicyclic) bond motifs is 1. The second kappa shape index (κ2) is 16.9. The van der Waals surface area contributed by atoms with E-state index in [4.69, 9.17) is 22.3 Å². The minimum atomic E-state index is -0.645. The van der Waals surface area contributed by atoms with E-state index < -0.39 is 17.6 Å². The predicted octanol–water partition coefficient (Wildman–Crippen LogP) is 10.5. The zero-order valence-electron chi connectivity index (χ0n) is 24.3. The van der Waals surface area contributed by atoms with Crippen LogP contribution in [-0.4, -0.2) is 10.9 Å². The number of nitrogens with zero attached hydrogens (tertiary/aromatic N) is 1. The number of thiophene rings is 2. The summed E-state index contributed by atoms with van der Waals surface area (Å²) in [6, 6.07) is 20.1. The van der Waals surface area contributed by atoms with Crippen molar-refractivity contribution in [1.29, 1.82) is 0 Å². The van der Waals surface area contributed by atoms with Gasteiger partial charge >= 0.3 is 0 Å². The van der Waals surface area contributed by atoms with Crippen molar-refractivity contribution < 1.29 is 13.6 Å². The molecule has 0 spiro atoms. The summed E-state index contributed by atoms with van der Waals surface area (Å²) >= 11 is 8.64. The molecule has 0 atom stereocenters. The molecule has 4 nitrogen and oxygen atoms in total. The average molecular weight is 672 g/mol. The quantitative estimate of drug-likeness (QED) is 0.144. The normalized spacial score (nSPS) is 9.09. The van der Waals surface area contributed by atoms with E-state index in [1.807, 2.05) is 30.3 Å². The lowest BCUT2D eigenvalue weighted by Crippen LogP contribution is -2.13. The molecule has 0 bridgehead atoms. The highest BCUT2D eigenvalue weighted by atomic mass is 35.5. The van der Waals surface area contributed by atoms with Crippen LogP contribution in [0, 0.1) is 5.82 Å². The molecule has 3 N–H and O–H groups in total. The van der Waals surface area contributed by atoms with Crippen molar-refractivity contribution in [3.05, 3.63) is 170 Å². The molecule has 9 heteroatoms. The van der Waals surface area contributed by atoms with Crippen LogP contribution in [0.1, 0.15) is 9.67 Å². The summed E-state index contributed by atoms with van der Waals surface area (Å²) in [5, 5.41) is 5.55. The zero-order chi connectivity index (χ0) is 33.6. The lowest BCUT2D eigenvalue weighted by molar-refractivity contribution is 0.103. The highest BCUT2D eigenvalue weighted by Gasteiger charge is 2.19. The third-order valence-corrected chi connectivity index (χ3v) is 8.11. The molecule has 3 heterocycles. The monoisotopic (exact) mass is 671 g/mol. The summed E-state index contributed by atoms with van der Waals surface area (Å²) in [6.45, 7) is 6.45. The number of carbonyl (C=O) groups excluding carboxylic acids is 1. The van der Waals surface area contributed by atoms with E-state index >= 15 is 0 Å². The maximum atomic E-state index is 14.1. The van der Waals surface area contributed by atoms with Crippen molar-refractivity contribution in [2.24, 2.45) is 0 Å². The first-order chi connectivity index (χ1) is 22.8. The van der Waals surface area contributed by atoms with Crippen molar-refractivity contribution in [3.8, 4) is 21.7 Å². The molecule has 0 saturated carbocycles. The molecule has 0 aliphatic heterocycles. The summed E-state index contributed by atoms with van der Waals surface area (Å²) in [5.41, 5.74) is 32.8. The number of nitrogens with one attached hydrogen (secondary N) is 1. The Hall–Kier alpha value is -6.05. The highest BCUT2D eigenvalue weighted by molar-refractivity contribution is 7.21. The van der Waals surface area contributed by atoms with Gasteiger partial charge in [0, 0.05) is 26.9 Å². The molecule has 0 radical (unpaired) electrons. The molecule has 3 aromatic heterocycles. The van der Waals surface area contributed by atoms with Gasteiger partial charge < -0.3 is 11.1 Å². The van der Waals surface area contributed by atoms with Crippen LogP contribution in [0.2, 0.25) is 5.02 Å². The topological polar surface area (TPSA) is 68.0 Å². The molecule has 0 saturated heterocycles. The fourth-order valence-electron chi connectivity index (χ4n) is 3.76. The Morgan fingerprint density at radius 1 is 0.936 bits per heavy atom. The molecule has 1 amide bonds. The number of hydrogen-bond donors (Lipinski definition) is 2. The fraction of sp³-hybridized carbons (Fsp3) is 0. The van der Waals surface area contributed by atoms with Crippen LogP contribution in [0.5, 0.6) is 0 Å². The van der Waals surface area contributed by atoms with Crippen LogP contribution in [0.4, 0.5) is 20.2 Å². The summed E-state index contributed by atoms with van der Waals surface area (Å²) in [6.07, 6.45) is 1.02. The van der Waals surface area contributed by atoms with Gasteiger partial charge in [0.15, 0.2) is 5.83 Å². The van der Waals surface area contributed by atoms with Gasteiger partial charge in [-0.15, -0.1) is 28.4 Å². The summed E-state index contributed by atoms with van der Waals surface area (Å²) < 4.78 is 26.6. The van der Waals surface area contributed by atoms with Gasteiger partial charge in [0.25, 0.3) is 5.91 Å². The smallest absolute Gasteiger partial charge is 0.268 e. The summed E-state index contributed by atoms with van der Waals surface area (Å²) in [5.74, 6) is -1.75. The number of aromatic nitrogens is 1. The Labute approximate surface area is 282 Å². The van der Waals surface area contributed by atoms with E-state index in [0.717, 1.165) is 29.0 Å². The van der Waals surface area contributed by atoms with Gasteiger partial charge in [-0.1, -0.05) is 54.2 Å². The highest BCUT2D eigenvalue weighted by Crippen LogP contribution is 2.35. The molecule has 47 heavy (non-hydrogen) atoms. The number of nitrogen functional groups attached to an aromatic ring is 1. The van der Waals surface area contributed by atoms with Crippen molar-refractivity contribution in [2.75, 3.05) is 11.1 Å². The molecular formula is C38H20ClF2N3OS2. The second-order valence-corrected chi connectivity index (χ2v) is 11.3. The van der Waals surface area contributed by atoms with Crippen LogP contribution < -0.4 is 11.1 Å². The number of amides is 1. The standard InChI is InChI=1S/C24H15ClFN3OS2.C14H5F/c25-15-7-9-19(17(26)12-15)28-23(30)22-21(27)16-8-10-18(29-24(16)32-22)13-3-5-14(6-4-13)20-2-1-11-31-20;1-3-5-6-7-8-9-10-11-13-14(15)12-4-2/h1-12H,27H2,(H,28,30);12H,1-2H2. The Morgan fingerprint density at radius 3 is 2.30 bits per heavy atom. The molecule has 5 rings (SSSR count). The van der Waals surface area contributed by atoms with Gasteiger partial charge in [-0.3, -0.25) is 4.79 Å². The van der Waals surface area contributed by atoms with Crippen LogP contribution in [0.15, 0.2) is 154 Å². The van der Waals surface area contributed by atoms with Crippen molar-refractivity contribution in [3.63, 3.8) is 0 Å². The minimum Gasteiger partial charge on any atom is -0.397 e. The van der Waals surface area contributed by atoms with Crippen LogP contribution in [-0.2, 0) is 0 Å². The van der Waals surface area contributed by atoms with E-state index in [9.17, 15) is 13.6 Å². The molecule has 0 fully saturated rings. The van der Waals surface area contributed by atoms with Gasteiger partial charge in [-0.05, 0) is 99.8 Å². The fourth-order valence-corrected chi connectivity index (χ4v) is 5.64. The largest absolute Gasteiger partial charge is 0.397 e. The number of allylic oxidation sites excluding steroid dienone is 2. The van der Waals surface area contributed by atoms with Crippen LogP contribution >= 0.6 is 34.3 Å². The zero-order valence-corrected chi connectivity index (χ0v) is 26.7. The van der Waals surface area contributed by atoms with E-state index in [2.05, 4.69) is 99.4 Å². The van der Waals surface area contributed by atoms with Crippen molar-refractivity contribution in [2.45, 2.75) is 0 Å². The predicted molar refractivity (Wildman–Crippen MR) is 188 cm³/mol. The Bertz CT molecular complexity index is 2380. The van der Waals surface area contributed by atoms with Gasteiger partial charge in [-0.25, -0.2) is 9.37 Å². The minimum absolute atomic E-state index is 0.0377. The molecule has 226 valence electrons. The number of carbonyl (C=O) groups is 1. The molecule has 0 aliphatic carbocycles. The number of benzene rings is 2. The first kappa shape index (κ1) is 33.8. The molecule has 0 unspecified atom stereocenters. The Kier molecular flexibility index (Phi) is 12.1. The summed E-state index contributed by atoms with van der Waals surface area (Å²) in [4.78, 5) is 19.6. The number of pyridine rings is 1. The van der Waals surface area contributed by atoms with E-state index in [1.165, 1.54) is 28.3 Å². The average Bonchev–Trinajstić information content (AvgIpc) is 3.73. The van der Waals surface area contributed by atoms with Crippen molar-refractivity contribution in [1.82, 2.24) is 4.98 Å². The number of anilines is 2. The second-order valence-electron chi connectivity index (χ2n) is 8.90. The summed E-state index contributed by atoms with van der Waals surface area (Å²) in [7, 11) is 0. The van der Waals surface area contributed by atoms with Crippen LogP contribution in [0.25, 0.3) is 31.9 Å². The van der Waals surface area contributed by atoms with E-state index in [-0.39, 0.29) is 15.6 Å². The number of hydrogen-bond acceptors (Lipinski definition) is 5. The van der Waals surface area contributed by atoms with Crippen LogP contribution in [0.3, 0.4) is 0 Å². The lowest BCUT2D eigenvalue weighted by atomic mass is 10.1. The third kappa shape index (κ3) is 9.47. The Morgan fingerprint density at radius 2 is 1.64 bits per heavy atom. The van der Waals surface area contributed by atoms with Crippen molar-refractivity contribution >= 4 is 61.8 Å². The van der Waals surface area contributed by atoms with E-state index in [1.54, 1.807) is 11.3 Å². The van der Waals surface area contributed by atoms with Gasteiger partial charge in [0.2, 0.25) is 0 Å². The number of nitrogens with two attached hydrogens (primary N) is 1. The first-order valence-corrected chi connectivity index (χ1v) is 15.4. The van der Waals surface area contributed by atoms with Gasteiger partial charge in [-0.2, -0.15) is 4.39 Å². The third-order valence-electron chi connectivity index (χ3n) is 5.84. The SMILES string of the molecule is C=C=C=C=C=C=C=C=C=C=C(F)C=C=C.Nc1c(C(=O)Nc2ccc(Cl)cc2F)sc2nc(-c3ccc(-c4cccs4)cc3)ccc12. The van der Waals surface area contributed by atoms with Gasteiger partial charge in [0.05, 0.1) is 17.1 Å². The molecule has 2 aromatic carbocycles. The molecular weight excluding hydrogens is 652 g/mol. The number of halogens is 3. The molecule has 5 aromatic rings. The maximum absolute atomic E-state index is 14.1. The number of rotatable bonds is 5. The maximum Gasteiger partial charge on any atom is 0.268 e.